The minimum absolute atomic E-state index is 0.477. The Morgan fingerprint density at radius 3 is 1.79 bits per heavy atom. The zero-order valence-corrected chi connectivity index (χ0v) is 21.7. The van der Waals surface area contributed by atoms with E-state index in [0.29, 0.717) is 5.92 Å². The lowest BCUT2D eigenvalue weighted by atomic mass is 9.99. The second-order valence-corrected chi connectivity index (χ2v) is 9.65. The van der Waals surface area contributed by atoms with Gasteiger partial charge in [-0.1, -0.05) is 104 Å². The van der Waals surface area contributed by atoms with Crippen LogP contribution in [0.2, 0.25) is 0 Å². The van der Waals surface area contributed by atoms with Gasteiger partial charge in [0.2, 0.25) is 0 Å². The summed E-state index contributed by atoms with van der Waals surface area (Å²) in [5.74, 6) is 1.42. The van der Waals surface area contributed by atoms with Gasteiger partial charge in [-0.3, -0.25) is 0 Å². The van der Waals surface area contributed by atoms with Crippen LogP contribution in [0.15, 0.2) is 36.4 Å². The molecule has 1 aromatic heterocycles. The molecule has 0 aliphatic carbocycles. The zero-order chi connectivity index (χ0) is 23.6. The van der Waals surface area contributed by atoms with E-state index in [9.17, 15) is 0 Å². The van der Waals surface area contributed by atoms with Crippen molar-refractivity contribution in [2.75, 3.05) is 6.61 Å². The quantitative estimate of drug-likeness (QED) is 0.199. The first-order valence-electron chi connectivity index (χ1n) is 13.8. The minimum atomic E-state index is 0.477. The molecule has 1 heterocycles. The minimum Gasteiger partial charge on any atom is -0.494 e. The van der Waals surface area contributed by atoms with E-state index in [-0.39, 0.29) is 0 Å². The van der Waals surface area contributed by atoms with Crippen LogP contribution in [-0.4, -0.2) is 16.8 Å². The number of rotatable bonds is 19. The van der Waals surface area contributed by atoms with E-state index < -0.39 is 0 Å². The summed E-state index contributed by atoms with van der Waals surface area (Å²) in [4.78, 5) is 0. The first-order valence-corrected chi connectivity index (χ1v) is 13.8. The maximum atomic E-state index is 5.94. The highest BCUT2D eigenvalue weighted by Gasteiger charge is 2.09. The predicted molar refractivity (Wildman–Crippen MR) is 142 cm³/mol. The van der Waals surface area contributed by atoms with Gasteiger partial charge < -0.3 is 4.74 Å². The molecule has 3 heteroatoms. The number of hydrogen-bond donors (Lipinski definition) is 0. The molecule has 0 spiro atoms. The monoisotopic (exact) mass is 452 g/mol. The van der Waals surface area contributed by atoms with Gasteiger partial charge in [0, 0.05) is 11.5 Å². The highest BCUT2D eigenvalue weighted by atomic mass is 16.5. The van der Waals surface area contributed by atoms with Gasteiger partial charge >= 0.3 is 0 Å². The maximum Gasteiger partial charge on any atom is 0.119 e. The summed E-state index contributed by atoms with van der Waals surface area (Å²) in [5.41, 5.74) is 3.13. The van der Waals surface area contributed by atoms with Gasteiger partial charge in [-0.25, -0.2) is 0 Å². The first-order chi connectivity index (χ1) is 16.2. The highest BCUT2D eigenvalue weighted by Crippen LogP contribution is 2.24. The van der Waals surface area contributed by atoms with Crippen molar-refractivity contribution in [2.45, 2.75) is 123 Å². The standard InChI is InChI=1S/C30H48N2O/c1-4-6-8-10-11-12-13-14-15-17-25-33-28-21-19-27(20-22-28)30-24-23-29(31-32-30)26(3)18-16-9-7-5-2/h19-24,26H,4-18,25H2,1-3H3. The van der Waals surface area contributed by atoms with E-state index in [1.807, 2.05) is 0 Å². The van der Waals surface area contributed by atoms with Crippen LogP contribution >= 0.6 is 0 Å². The van der Waals surface area contributed by atoms with E-state index in [2.05, 4.69) is 67.4 Å². The van der Waals surface area contributed by atoms with Crippen LogP contribution in [0.1, 0.15) is 129 Å². The summed E-state index contributed by atoms with van der Waals surface area (Å²) in [6.07, 6.45) is 19.9. The summed E-state index contributed by atoms with van der Waals surface area (Å²) in [7, 11) is 0. The molecule has 2 aromatic rings. The van der Waals surface area contributed by atoms with Crippen LogP contribution in [0.5, 0.6) is 5.75 Å². The molecule has 1 atom stereocenters. The van der Waals surface area contributed by atoms with Gasteiger partial charge in [-0.15, -0.1) is 0 Å². The topological polar surface area (TPSA) is 35.0 Å². The SMILES string of the molecule is CCCCCCCCCCCCOc1ccc(-c2ccc(C(C)CCCCCC)nn2)cc1. The summed E-state index contributed by atoms with van der Waals surface area (Å²) >= 11 is 0. The Kier molecular flexibility index (Phi) is 14.6. The molecule has 1 unspecified atom stereocenters. The molecular formula is C30H48N2O. The molecule has 0 aliphatic rings. The second-order valence-electron chi connectivity index (χ2n) is 9.65. The van der Waals surface area contributed by atoms with Crippen molar-refractivity contribution in [2.24, 2.45) is 0 Å². The molecule has 0 fully saturated rings. The molecule has 0 saturated carbocycles. The summed E-state index contributed by atoms with van der Waals surface area (Å²) in [6.45, 7) is 7.60. The van der Waals surface area contributed by atoms with E-state index in [4.69, 9.17) is 4.74 Å². The lowest BCUT2D eigenvalue weighted by Gasteiger charge is -2.11. The van der Waals surface area contributed by atoms with Crippen molar-refractivity contribution in [1.82, 2.24) is 10.2 Å². The fourth-order valence-corrected chi connectivity index (χ4v) is 4.29. The number of hydrogen-bond acceptors (Lipinski definition) is 3. The number of benzene rings is 1. The zero-order valence-electron chi connectivity index (χ0n) is 21.7. The molecule has 0 bridgehead atoms. The lowest BCUT2D eigenvalue weighted by Crippen LogP contribution is -2.00. The molecule has 184 valence electrons. The molecule has 0 N–H and O–H groups in total. The van der Waals surface area contributed by atoms with Gasteiger partial charge in [0.15, 0.2) is 0 Å². The smallest absolute Gasteiger partial charge is 0.119 e. The van der Waals surface area contributed by atoms with Crippen molar-refractivity contribution in [3.05, 3.63) is 42.1 Å². The van der Waals surface area contributed by atoms with Gasteiger partial charge in [-0.2, -0.15) is 10.2 Å². The number of ether oxygens (including phenoxy) is 1. The predicted octanol–water partition coefficient (Wildman–Crippen LogP) is 9.52. The molecule has 33 heavy (non-hydrogen) atoms. The average molecular weight is 453 g/mol. The normalized spacial score (nSPS) is 12.1. The van der Waals surface area contributed by atoms with Crippen LogP contribution in [0.25, 0.3) is 11.3 Å². The largest absolute Gasteiger partial charge is 0.494 e. The van der Waals surface area contributed by atoms with Crippen LogP contribution in [0, 0.1) is 0 Å². The van der Waals surface area contributed by atoms with Gasteiger partial charge in [0.05, 0.1) is 18.0 Å². The van der Waals surface area contributed by atoms with Crippen molar-refractivity contribution in [3.8, 4) is 17.0 Å². The third-order valence-corrected chi connectivity index (χ3v) is 6.60. The number of nitrogens with zero attached hydrogens (tertiary/aromatic N) is 2. The average Bonchev–Trinajstić information content (AvgIpc) is 2.85. The van der Waals surface area contributed by atoms with Gasteiger partial charge in [-0.05, 0) is 49.2 Å². The van der Waals surface area contributed by atoms with Crippen molar-refractivity contribution in [3.63, 3.8) is 0 Å². The third-order valence-electron chi connectivity index (χ3n) is 6.60. The van der Waals surface area contributed by atoms with E-state index in [1.54, 1.807) is 0 Å². The Balaban J connectivity index is 1.62. The molecule has 1 aromatic carbocycles. The molecule has 0 radical (unpaired) electrons. The molecule has 0 saturated heterocycles. The van der Waals surface area contributed by atoms with E-state index >= 15 is 0 Å². The van der Waals surface area contributed by atoms with Gasteiger partial charge in [0.1, 0.15) is 5.75 Å². The molecular weight excluding hydrogens is 404 g/mol. The molecule has 3 nitrogen and oxygen atoms in total. The number of aromatic nitrogens is 2. The van der Waals surface area contributed by atoms with Crippen molar-refractivity contribution >= 4 is 0 Å². The molecule has 0 amide bonds. The highest BCUT2D eigenvalue weighted by molar-refractivity contribution is 5.59. The van der Waals surface area contributed by atoms with Crippen molar-refractivity contribution < 1.29 is 4.74 Å². The van der Waals surface area contributed by atoms with E-state index in [1.165, 1.54) is 89.9 Å². The van der Waals surface area contributed by atoms with Crippen LogP contribution in [-0.2, 0) is 0 Å². The fourth-order valence-electron chi connectivity index (χ4n) is 4.29. The summed E-state index contributed by atoms with van der Waals surface area (Å²) < 4.78 is 5.94. The molecule has 2 rings (SSSR count). The van der Waals surface area contributed by atoms with Crippen LogP contribution in [0.3, 0.4) is 0 Å². The maximum absolute atomic E-state index is 5.94. The Morgan fingerprint density at radius 2 is 1.21 bits per heavy atom. The van der Waals surface area contributed by atoms with Crippen LogP contribution < -0.4 is 4.74 Å². The van der Waals surface area contributed by atoms with Crippen molar-refractivity contribution in [1.29, 1.82) is 0 Å². The first kappa shape index (κ1) is 27.3. The van der Waals surface area contributed by atoms with Gasteiger partial charge in [0.25, 0.3) is 0 Å². The Hall–Kier alpha value is -1.90. The Morgan fingerprint density at radius 1 is 0.636 bits per heavy atom. The Labute approximate surface area is 203 Å². The molecule has 0 aliphatic heterocycles. The van der Waals surface area contributed by atoms with E-state index in [0.717, 1.165) is 35.7 Å². The Bertz CT molecular complexity index is 711. The third kappa shape index (κ3) is 11.7. The van der Waals surface area contributed by atoms with Crippen LogP contribution in [0.4, 0.5) is 0 Å². The second kappa shape index (κ2) is 17.6. The summed E-state index contributed by atoms with van der Waals surface area (Å²) in [5, 5.41) is 8.99. The number of unbranched alkanes of at least 4 members (excludes halogenated alkanes) is 12. The lowest BCUT2D eigenvalue weighted by molar-refractivity contribution is 0.304. The fraction of sp³-hybridized carbons (Fsp3) is 0.667. The summed E-state index contributed by atoms with van der Waals surface area (Å²) in [6, 6.07) is 12.5.